The Bertz CT molecular complexity index is 196. The van der Waals surface area contributed by atoms with Crippen molar-refractivity contribution in [3.63, 3.8) is 0 Å². The third-order valence-electron chi connectivity index (χ3n) is 3.01. The average Bonchev–Trinajstić information content (AvgIpc) is 2.19. The fourth-order valence-electron chi connectivity index (χ4n) is 2.23. The van der Waals surface area contributed by atoms with E-state index in [0.717, 1.165) is 32.0 Å². The summed E-state index contributed by atoms with van der Waals surface area (Å²) in [5.41, 5.74) is 5.66. The summed E-state index contributed by atoms with van der Waals surface area (Å²) in [6, 6.07) is 0.569. The molecule has 0 bridgehead atoms. The van der Waals surface area contributed by atoms with E-state index in [1.165, 1.54) is 12.8 Å². The number of aliphatic imine (C=N–C) groups is 1. The zero-order valence-electron chi connectivity index (χ0n) is 7.92. The zero-order valence-corrected chi connectivity index (χ0v) is 7.92. The summed E-state index contributed by atoms with van der Waals surface area (Å²) in [5, 5.41) is 6.66. The molecule has 0 saturated carbocycles. The SMILES string of the molecule is NC1=NCCC(C2CCNCC2)N1. The molecule has 1 fully saturated rings. The first kappa shape index (κ1) is 8.81. The first-order valence-corrected chi connectivity index (χ1v) is 5.13. The Hall–Kier alpha value is -0.770. The molecule has 74 valence electrons. The molecule has 2 aliphatic rings. The minimum absolute atomic E-state index is 0.569. The molecule has 2 aliphatic heterocycles. The van der Waals surface area contributed by atoms with Crippen molar-refractivity contribution >= 4 is 5.96 Å². The fourth-order valence-corrected chi connectivity index (χ4v) is 2.23. The van der Waals surface area contributed by atoms with Gasteiger partial charge in [-0.25, -0.2) is 0 Å². The normalized spacial score (nSPS) is 30.8. The van der Waals surface area contributed by atoms with Gasteiger partial charge in [0.25, 0.3) is 0 Å². The molecule has 0 aliphatic carbocycles. The van der Waals surface area contributed by atoms with Crippen molar-refractivity contribution in [3.8, 4) is 0 Å². The Balaban J connectivity index is 1.89. The summed E-state index contributed by atoms with van der Waals surface area (Å²) in [6.07, 6.45) is 3.68. The van der Waals surface area contributed by atoms with Crippen LogP contribution in [-0.4, -0.2) is 31.6 Å². The molecule has 0 amide bonds. The van der Waals surface area contributed by atoms with E-state index in [-0.39, 0.29) is 0 Å². The zero-order chi connectivity index (χ0) is 9.10. The van der Waals surface area contributed by atoms with E-state index in [0.29, 0.717) is 12.0 Å². The summed E-state index contributed by atoms with van der Waals surface area (Å²) in [5.74, 6) is 1.42. The highest BCUT2D eigenvalue weighted by molar-refractivity contribution is 5.78. The van der Waals surface area contributed by atoms with E-state index in [9.17, 15) is 0 Å². The Morgan fingerprint density at radius 2 is 2.00 bits per heavy atom. The third kappa shape index (κ3) is 2.12. The number of rotatable bonds is 1. The van der Waals surface area contributed by atoms with Gasteiger partial charge >= 0.3 is 0 Å². The van der Waals surface area contributed by atoms with Crippen molar-refractivity contribution in [3.05, 3.63) is 0 Å². The van der Waals surface area contributed by atoms with Gasteiger partial charge in [-0.3, -0.25) is 4.99 Å². The van der Waals surface area contributed by atoms with Crippen LogP contribution in [0.2, 0.25) is 0 Å². The predicted octanol–water partition coefficient (Wildman–Crippen LogP) is -0.337. The molecule has 13 heavy (non-hydrogen) atoms. The van der Waals surface area contributed by atoms with Crippen LogP contribution >= 0.6 is 0 Å². The van der Waals surface area contributed by atoms with Crippen LogP contribution in [0.1, 0.15) is 19.3 Å². The topological polar surface area (TPSA) is 62.4 Å². The first-order chi connectivity index (χ1) is 6.36. The molecular weight excluding hydrogens is 164 g/mol. The number of nitrogens with zero attached hydrogens (tertiary/aromatic N) is 1. The van der Waals surface area contributed by atoms with Crippen LogP contribution in [0.15, 0.2) is 4.99 Å². The molecule has 0 spiro atoms. The van der Waals surface area contributed by atoms with Gasteiger partial charge < -0.3 is 16.4 Å². The van der Waals surface area contributed by atoms with Crippen LogP contribution < -0.4 is 16.4 Å². The van der Waals surface area contributed by atoms with E-state index in [4.69, 9.17) is 5.73 Å². The monoisotopic (exact) mass is 182 g/mol. The number of nitrogens with one attached hydrogen (secondary N) is 2. The number of piperidine rings is 1. The van der Waals surface area contributed by atoms with Crippen LogP contribution in [0.3, 0.4) is 0 Å². The second-order valence-electron chi connectivity index (χ2n) is 3.89. The highest BCUT2D eigenvalue weighted by Gasteiger charge is 2.25. The lowest BCUT2D eigenvalue weighted by Crippen LogP contribution is -2.49. The van der Waals surface area contributed by atoms with E-state index < -0.39 is 0 Å². The third-order valence-corrected chi connectivity index (χ3v) is 3.01. The maximum Gasteiger partial charge on any atom is 0.188 e. The van der Waals surface area contributed by atoms with E-state index in [1.807, 2.05) is 0 Å². The molecule has 1 unspecified atom stereocenters. The number of hydrogen-bond acceptors (Lipinski definition) is 4. The lowest BCUT2D eigenvalue weighted by atomic mass is 9.88. The summed E-state index contributed by atoms with van der Waals surface area (Å²) in [4.78, 5) is 4.14. The maximum absolute atomic E-state index is 5.66. The summed E-state index contributed by atoms with van der Waals surface area (Å²) in [7, 11) is 0. The minimum atomic E-state index is 0.569. The van der Waals surface area contributed by atoms with Crippen LogP contribution in [0.25, 0.3) is 0 Å². The quantitative estimate of drug-likeness (QED) is 0.520. The van der Waals surface area contributed by atoms with Crippen LogP contribution in [0, 0.1) is 5.92 Å². The van der Waals surface area contributed by atoms with Crippen LogP contribution in [-0.2, 0) is 0 Å². The van der Waals surface area contributed by atoms with Crippen molar-refractivity contribution in [2.45, 2.75) is 25.3 Å². The fraction of sp³-hybridized carbons (Fsp3) is 0.889. The molecular formula is C9H18N4. The number of hydrogen-bond donors (Lipinski definition) is 3. The van der Waals surface area contributed by atoms with Gasteiger partial charge in [-0.1, -0.05) is 0 Å². The van der Waals surface area contributed by atoms with Gasteiger partial charge in [0.1, 0.15) is 0 Å². The summed E-state index contributed by atoms with van der Waals surface area (Å²) < 4.78 is 0. The number of guanidine groups is 1. The molecule has 0 aromatic rings. The standard InChI is InChI=1S/C9H18N4/c10-9-12-6-3-8(13-9)7-1-4-11-5-2-7/h7-8,11H,1-6H2,(H3,10,12,13). The van der Waals surface area contributed by atoms with Gasteiger partial charge in [-0.05, 0) is 38.3 Å². The van der Waals surface area contributed by atoms with Crippen molar-refractivity contribution in [2.75, 3.05) is 19.6 Å². The van der Waals surface area contributed by atoms with Gasteiger partial charge in [0.05, 0.1) is 0 Å². The Morgan fingerprint density at radius 3 is 2.69 bits per heavy atom. The van der Waals surface area contributed by atoms with Gasteiger partial charge in [-0.2, -0.15) is 0 Å². The van der Waals surface area contributed by atoms with Crippen LogP contribution in [0.5, 0.6) is 0 Å². The molecule has 0 aromatic heterocycles. The summed E-state index contributed by atoms with van der Waals surface area (Å²) >= 11 is 0. The lowest BCUT2D eigenvalue weighted by molar-refractivity contribution is 0.287. The van der Waals surface area contributed by atoms with Gasteiger partial charge in [0.2, 0.25) is 0 Å². The molecule has 0 radical (unpaired) electrons. The second kappa shape index (κ2) is 3.96. The molecule has 1 atom stereocenters. The van der Waals surface area contributed by atoms with Crippen molar-refractivity contribution in [2.24, 2.45) is 16.6 Å². The second-order valence-corrected chi connectivity index (χ2v) is 3.89. The van der Waals surface area contributed by atoms with Crippen molar-refractivity contribution < 1.29 is 0 Å². The van der Waals surface area contributed by atoms with Gasteiger partial charge in [0.15, 0.2) is 5.96 Å². The highest BCUT2D eigenvalue weighted by Crippen LogP contribution is 2.19. The first-order valence-electron chi connectivity index (χ1n) is 5.13. The van der Waals surface area contributed by atoms with Crippen molar-refractivity contribution in [1.29, 1.82) is 0 Å². The molecule has 2 heterocycles. The minimum Gasteiger partial charge on any atom is -0.370 e. The summed E-state index contributed by atoms with van der Waals surface area (Å²) in [6.45, 7) is 3.20. The molecule has 4 nitrogen and oxygen atoms in total. The Morgan fingerprint density at radius 1 is 1.23 bits per heavy atom. The largest absolute Gasteiger partial charge is 0.370 e. The Kier molecular flexibility index (Phi) is 2.68. The molecule has 0 aromatic carbocycles. The molecule has 4 N–H and O–H groups in total. The molecule has 2 rings (SSSR count). The lowest BCUT2D eigenvalue weighted by Gasteiger charge is -2.33. The van der Waals surface area contributed by atoms with E-state index in [2.05, 4.69) is 15.6 Å². The molecule has 1 saturated heterocycles. The van der Waals surface area contributed by atoms with E-state index >= 15 is 0 Å². The maximum atomic E-state index is 5.66. The number of nitrogens with two attached hydrogens (primary N) is 1. The molecule has 4 heteroatoms. The van der Waals surface area contributed by atoms with Crippen molar-refractivity contribution in [1.82, 2.24) is 10.6 Å². The van der Waals surface area contributed by atoms with E-state index in [1.54, 1.807) is 0 Å². The van der Waals surface area contributed by atoms with Crippen LogP contribution in [0.4, 0.5) is 0 Å². The average molecular weight is 182 g/mol. The van der Waals surface area contributed by atoms with Gasteiger partial charge in [-0.15, -0.1) is 0 Å². The highest BCUT2D eigenvalue weighted by atomic mass is 15.1. The van der Waals surface area contributed by atoms with Gasteiger partial charge in [0, 0.05) is 12.6 Å². The Labute approximate surface area is 79.0 Å². The predicted molar refractivity (Wildman–Crippen MR) is 53.6 cm³/mol. The smallest absolute Gasteiger partial charge is 0.188 e.